The third-order valence-electron chi connectivity index (χ3n) is 3.38. The summed E-state index contributed by atoms with van der Waals surface area (Å²) in [6.07, 6.45) is 4.61. The van der Waals surface area contributed by atoms with Crippen LogP contribution in [0.25, 0.3) is 0 Å². The molecule has 1 fully saturated rings. The lowest BCUT2D eigenvalue weighted by molar-refractivity contribution is 0.1000. The summed E-state index contributed by atoms with van der Waals surface area (Å²) in [5.74, 6) is 1.19. The van der Waals surface area contributed by atoms with Crippen molar-refractivity contribution >= 4 is 11.8 Å². The Morgan fingerprint density at radius 1 is 1.39 bits per heavy atom. The Morgan fingerprint density at radius 2 is 2.06 bits per heavy atom. The van der Waals surface area contributed by atoms with Gasteiger partial charge in [-0.05, 0) is 38.4 Å². The van der Waals surface area contributed by atoms with E-state index in [1.165, 1.54) is 25.0 Å². The molecule has 1 rings (SSSR count). The first-order chi connectivity index (χ1) is 8.56. The Bertz CT molecular complexity index is 220. The van der Waals surface area contributed by atoms with Gasteiger partial charge in [-0.1, -0.05) is 13.8 Å². The quantitative estimate of drug-likeness (QED) is 0.668. The SMILES string of the molecule is CC(C)NC(C)(CO)CCCSC1CCOCC1. The summed E-state index contributed by atoms with van der Waals surface area (Å²) in [6.45, 7) is 8.45. The van der Waals surface area contributed by atoms with Gasteiger partial charge in [0.15, 0.2) is 0 Å². The van der Waals surface area contributed by atoms with Crippen LogP contribution >= 0.6 is 11.8 Å². The maximum atomic E-state index is 9.50. The monoisotopic (exact) mass is 275 g/mol. The average molecular weight is 275 g/mol. The highest BCUT2D eigenvalue weighted by molar-refractivity contribution is 7.99. The molecule has 0 aromatic carbocycles. The molecule has 4 heteroatoms. The number of hydrogen-bond donors (Lipinski definition) is 2. The van der Waals surface area contributed by atoms with Gasteiger partial charge in [0, 0.05) is 30.0 Å². The van der Waals surface area contributed by atoms with Crippen LogP contribution in [0.15, 0.2) is 0 Å². The van der Waals surface area contributed by atoms with Crippen LogP contribution in [-0.4, -0.2) is 47.5 Å². The van der Waals surface area contributed by atoms with Crippen molar-refractivity contribution in [1.29, 1.82) is 0 Å². The van der Waals surface area contributed by atoms with E-state index in [0.29, 0.717) is 6.04 Å². The van der Waals surface area contributed by atoms with E-state index in [4.69, 9.17) is 4.74 Å². The number of aliphatic hydroxyl groups is 1. The van der Waals surface area contributed by atoms with E-state index >= 15 is 0 Å². The van der Waals surface area contributed by atoms with Crippen molar-refractivity contribution in [3.63, 3.8) is 0 Å². The van der Waals surface area contributed by atoms with Gasteiger partial charge in [-0.25, -0.2) is 0 Å². The lowest BCUT2D eigenvalue weighted by Crippen LogP contribution is -2.49. The molecule has 1 saturated heterocycles. The van der Waals surface area contributed by atoms with E-state index in [1.807, 2.05) is 0 Å². The highest BCUT2D eigenvalue weighted by Crippen LogP contribution is 2.24. The van der Waals surface area contributed by atoms with Gasteiger partial charge in [0.1, 0.15) is 0 Å². The first kappa shape index (κ1) is 16.3. The van der Waals surface area contributed by atoms with E-state index in [0.717, 1.165) is 24.9 Å². The Kier molecular flexibility index (Phi) is 7.61. The van der Waals surface area contributed by atoms with Crippen LogP contribution in [0, 0.1) is 0 Å². The molecule has 0 amide bonds. The van der Waals surface area contributed by atoms with Crippen LogP contribution in [0.2, 0.25) is 0 Å². The lowest BCUT2D eigenvalue weighted by atomic mass is 9.96. The maximum Gasteiger partial charge on any atom is 0.0610 e. The molecule has 1 unspecified atom stereocenters. The smallest absolute Gasteiger partial charge is 0.0610 e. The standard InChI is InChI=1S/C14H29NO2S/c1-12(2)15-14(3,11-16)7-4-10-18-13-5-8-17-9-6-13/h12-13,15-16H,4-11H2,1-3H3. The van der Waals surface area contributed by atoms with E-state index in [9.17, 15) is 5.11 Å². The first-order valence-corrected chi connectivity index (χ1v) is 8.18. The Morgan fingerprint density at radius 3 is 2.61 bits per heavy atom. The number of ether oxygens (including phenoxy) is 1. The number of thioether (sulfide) groups is 1. The molecular formula is C14H29NO2S. The molecule has 0 radical (unpaired) electrons. The molecule has 18 heavy (non-hydrogen) atoms. The molecule has 1 heterocycles. The normalized spacial score (nSPS) is 21.2. The fourth-order valence-corrected chi connectivity index (χ4v) is 3.62. The Labute approximate surface area is 116 Å². The van der Waals surface area contributed by atoms with Gasteiger partial charge in [-0.15, -0.1) is 0 Å². The zero-order valence-corrected chi connectivity index (χ0v) is 12.9. The fourth-order valence-electron chi connectivity index (χ4n) is 2.45. The molecule has 0 aliphatic carbocycles. The Hall–Kier alpha value is 0.230. The molecule has 0 spiro atoms. The number of aliphatic hydroxyl groups excluding tert-OH is 1. The highest BCUT2D eigenvalue weighted by Gasteiger charge is 2.23. The predicted octanol–water partition coefficient (Wildman–Crippen LogP) is 2.43. The molecule has 0 aromatic rings. The fraction of sp³-hybridized carbons (Fsp3) is 1.00. The van der Waals surface area contributed by atoms with Crippen molar-refractivity contribution in [2.45, 2.75) is 63.3 Å². The maximum absolute atomic E-state index is 9.50. The molecule has 1 aliphatic rings. The van der Waals surface area contributed by atoms with E-state index < -0.39 is 0 Å². The molecule has 0 aromatic heterocycles. The van der Waals surface area contributed by atoms with Crippen molar-refractivity contribution in [3.8, 4) is 0 Å². The van der Waals surface area contributed by atoms with Crippen LogP contribution in [0.3, 0.4) is 0 Å². The summed E-state index contributed by atoms with van der Waals surface area (Å²) >= 11 is 2.08. The van der Waals surface area contributed by atoms with Gasteiger partial charge in [0.25, 0.3) is 0 Å². The second-order valence-electron chi connectivity index (χ2n) is 5.80. The molecular weight excluding hydrogens is 246 g/mol. The second kappa shape index (κ2) is 8.41. The van der Waals surface area contributed by atoms with Crippen LogP contribution in [0.1, 0.15) is 46.5 Å². The summed E-state index contributed by atoms with van der Waals surface area (Å²) in [5, 5.41) is 13.8. The first-order valence-electron chi connectivity index (χ1n) is 7.13. The predicted molar refractivity (Wildman–Crippen MR) is 79.3 cm³/mol. The van der Waals surface area contributed by atoms with Gasteiger partial charge >= 0.3 is 0 Å². The summed E-state index contributed by atoms with van der Waals surface area (Å²) in [4.78, 5) is 0. The minimum absolute atomic E-state index is 0.121. The molecule has 1 atom stereocenters. The van der Waals surface area contributed by atoms with Gasteiger partial charge in [0.2, 0.25) is 0 Å². The van der Waals surface area contributed by atoms with Gasteiger partial charge in [-0.2, -0.15) is 11.8 Å². The highest BCUT2D eigenvalue weighted by atomic mass is 32.2. The van der Waals surface area contributed by atoms with Crippen molar-refractivity contribution in [2.75, 3.05) is 25.6 Å². The summed E-state index contributed by atoms with van der Waals surface area (Å²) in [7, 11) is 0. The summed E-state index contributed by atoms with van der Waals surface area (Å²) in [5.41, 5.74) is -0.121. The molecule has 0 bridgehead atoms. The zero-order valence-electron chi connectivity index (χ0n) is 12.1. The number of rotatable bonds is 8. The summed E-state index contributed by atoms with van der Waals surface area (Å²) < 4.78 is 5.37. The molecule has 1 aliphatic heterocycles. The van der Waals surface area contributed by atoms with Gasteiger partial charge in [0.05, 0.1) is 6.61 Å². The van der Waals surface area contributed by atoms with Crippen LogP contribution in [0.5, 0.6) is 0 Å². The minimum atomic E-state index is -0.121. The zero-order chi connectivity index (χ0) is 13.4. The third-order valence-corrected chi connectivity index (χ3v) is 4.85. The lowest BCUT2D eigenvalue weighted by Gasteiger charge is -2.31. The van der Waals surface area contributed by atoms with Crippen molar-refractivity contribution in [3.05, 3.63) is 0 Å². The van der Waals surface area contributed by atoms with Crippen LogP contribution in [-0.2, 0) is 4.74 Å². The average Bonchev–Trinajstić information content (AvgIpc) is 2.35. The van der Waals surface area contributed by atoms with E-state index in [1.54, 1.807) is 0 Å². The Balaban J connectivity index is 2.14. The summed E-state index contributed by atoms with van der Waals surface area (Å²) in [6, 6.07) is 0.422. The van der Waals surface area contributed by atoms with E-state index in [-0.39, 0.29) is 12.1 Å². The third kappa shape index (κ3) is 6.41. The van der Waals surface area contributed by atoms with Crippen LogP contribution < -0.4 is 5.32 Å². The molecule has 0 saturated carbocycles. The van der Waals surface area contributed by atoms with Gasteiger partial charge < -0.3 is 15.2 Å². The molecule has 3 nitrogen and oxygen atoms in total. The van der Waals surface area contributed by atoms with Crippen molar-refractivity contribution in [1.82, 2.24) is 5.32 Å². The van der Waals surface area contributed by atoms with Gasteiger partial charge in [-0.3, -0.25) is 0 Å². The van der Waals surface area contributed by atoms with Crippen molar-refractivity contribution < 1.29 is 9.84 Å². The second-order valence-corrected chi connectivity index (χ2v) is 7.21. The molecule has 108 valence electrons. The molecule has 2 N–H and O–H groups in total. The number of nitrogens with one attached hydrogen (secondary N) is 1. The largest absolute Gasteiger partial charge is 0.394 e. The van der Waals surface area contributed by atoms with Crippen LogP contribution in [0.4, 0.5) is 0 Å². The number of hydrogen-bond acceptors (Lipinski definition) is 4. The minimum Gasteiger partial charge on any atom is -0.394 e. The van der Waals surface area contributed by atoms with Crippen molar-refractivity contribution in [2.24, 2.45) is 0 Å². The topological polar surface area (TPSA) is 41.5 Å². The van der Waals surface area contributed by atoms with E-state index in [2.05, 4.69) is 37.8 Å².